The van der Waals surface area contributed by atoms with Crippen molar-refractivity contribution in [2.45, 2.75) is 20.0 Å². The lowest BCUT2D eigenvalue weighted by Gasteiger charge is -2.18. The lowest BCUT2D eigenvalue weighted by atomic mass is 10.1. The number of benzene rings is 2. The molecule has 1 N–H and O–H groups in total. The summed E-state index contributed by atoms with van der Waals surface area (Å²) in [5, 5.41) is 0. The van der Waals surface area contributed by atoms with Crippen LogP contribution in [-0.2, 0) is 13.1 Å². The van der Waals surface area contributed by atoms with Crippen LogP contribution in [0.4, 0.5) is 4.39 Å². The zero-order chi connectivity index (χ0) is 19.7. The second-order valence-corrected chi connectivity index (χ2v) is 7.05. The third-order valence-electron chi connectivity index (χ3n) is 4.30. The molecule has 1 amide bonds. The summed E-state index contributed by atoms with van der Waals surface area (Å²) in [4.78, 5) is 40.3. The van der Waals surface area contributed by atoms with E-state index in [-0.39, 0.29) is 12.5 Å². The van der Waals surface area contributed by atoms with Gasteiger partial charge >= 0.3 is 11.1 Å². The molecule has 0 radical (unpaired) electrons. The van der Waals surface area contributed by atoms with Crippen LogP contribution >= 0.6 is 15.9 Å². The molecular formula is C19H17BrFN3O3. The molecule has 8 heteroatoms. The Hall–Kier alpha value is -2.74. The Morgan fingerprint density at radius 2 is 1.96 bits per heavy atom. The van der Waals surface area contributed by atoms with E-state index in [0.717, 1.165) is 4.47 Å². The van der Waals surface area contributed by atoms with E-state index >= 15 is 0 Å². The SMILES string of the molecule is CCn1c(=O)c(=O)[nH]c2cc(C(=O)N(C)Cc3cc(Br)ccc3F)ccc21. The number of hydrogen-bond acceptors (Lipinski definition) is 3. The van der Waals surface area contributed by atoms with E-state index in [2.05, 4.69) is 20.9 Å². The highest BCUT2D eigenvalue weighted by molar-refractivity contribution is 9.10. The van der Waals surface area contributed by atoms with Gasteiger partial charge in [-0.2, -0.15) is 0 Å². The molecule has 6 nitrogen and oxygen atoms in total. The fourth-order valence-electron chi connectivity index (χ4n) is 2.94. The van der Waals surface area contributed by atoms with Crippen LogP contribution in [0.1, 0.15) is 22.8 Å². The van der Waals surface area contributed by atoms with E-state index in [1.54, 1.807) is 38.2 Å². The van der Waals surface area contributed by atoms with Gasteiger partial charge in [-0.05, 0) is 43.3 Å². The van der Waals surface area contributed by atoms with Crippen molar-refractivity contribution in [2.24, 2.45) is 0 Å². The summed E-state index contributed by atoms with van der Waals surface area (Å²) in [6, 6.07) is 9.28. The van der Waals surface area contributed by atoms with Crippen molar-refractivity contribution in [3.63, 3.8) is 0 Å². The highest BCUT2D eigenvalue weighted by Gasteiger charge is 2.16. The van der Waals surface area contributed by atoms with Crippen LogP contribution in [-0.4, -0.2) is 27.4 Å². The number of halogens is 2. The number of aromatic amines is 1. The molecule has 0 saturated heterocycles. The topological polar surface area (TPSA) is 75.2 Å². The Labute approximate surface area is 162 Å². The summed E-state index contributed by atoms with van der Waals surface area (Å²) in [6.07, 6.45) is 0. The Balaban J connectivity index is 1.95. The molecular weight excluding hydrogens is 417 g/mol. The van der Waals surface area contributed by atoms with Crippen LogP contribution in [0.5, 0.6) is 0 Å². The van der Waals surface area contributed by atoms with Gasteiger partial charge in [0.1, 0.15) is 5.82 Å². The highest BCUT2D eigenvalue weighted by Crippen LogP contribution is 2.19. The number of H-pyrrole nitrogens is 1. The summed E-state index contributed by atoms with van der Waals surface area (Å²) < 4.78 is 16.0. The molecule has 3 rings (SSSR count). The summed E-state index contributed by atoms with van der Waals surface area (Å²) >= 11 is 3.29. The number of nitrogens with one attached hydrogen (secondary N) is 1. The maximum absolute atomic E-state index is 13.9. The molecule has 0 saturated carbocycles. The molecule has 0 spiro atoms. The molecule has 0 bridgehead atoms. The van der Waals surface area contributed by atoms with E-state index in [1.165, 1.54) is 21.6 Å². The second-order valence-electron chi connectivity index (χ2n) is 6.13. The molecule has 3 aromatic rings. The van der Waals surface area contributed by atoms with Crippen LogP contribution < -0.4 is 11.1 Å². The van der Waals surface area contributed by atoms with Gasteiger partial charge < -0.3 is 14.5 Å². The minimum absolute atomic E-state index is 0.0904. The number of aromatic nitrogens is 2. The smallest absolute Gasteiger partial charge is 0.316 e. The molecule has 27 heavy (non-hydrogen) atoms. The van der Waals surface area contributed by atoms with Gasteiger partial charge in [0, 0.05) is 35.7 Å². The fourth-order valence-corrected chi connectivity index (χ4v) is 3.35. The van der Waals surface area contributed by atoms with Gasteiger partial charge in [0.15, 0.2) is 0 Å². The Morgan fingerprint density at radius 3 is 2.67 bits per heavy atom. The number of amides is 1. The molecule has 0 unspecified atom stereocenters. The van der Waals surface area contributed by atoms with Gasteiger partial charge in [-0.15, -0.1) is 0 Å². The van der Waals surface area contributed by atoms with E-state index < -0.39 is 16.9 Å². The van der Waals surface area contributed by atoms with Crippen molar-refractivity contribution in [2.75, 3.05) is 7.05 Å². The lowest BCUT2D eigenvalue weighted by Crippen LogP contribution is -2.36. The van der Waals surface area contributed by atoms with Crippen molar-refractivity contribution in [3.8, 4) is 0 Å². The zero-order valence-electron chi connectivity index (χ0n) is 14.8. The van der Waals surface area contributed by atoms with Crippen molar-refractivity contribution in [1.82, 2.24) is 14.5 Å². The van der Waals surface area contributed by atoms with Gasteiger partial charge in [-0.3, -0.25) is 14.4 Å². The molecule has 0 aliphatic carbocycles. The quantitative estimate of drug-likeness (QED) is 0.642. The normalized spacial score (nSPS) is 11.0. The largest absolute Gasteiger partial charge is 0.337 e. The van der Waals surface area contributed by atoms with E-state index in [9.17, 15) is 18.8 Å². The van der Waals surface area contributed by atoms with Crippen LogP contribution in [0.15, 0.2) is 50.5 Å². The second kappa shape index (κ2) is 7.48. The molecule has 0 atom stereocenters. The Bertz CT molecular complexity index is 1150. The van der Waals surface area contributed by atoms with Gasteiger partial charge in [-0.25, -0.2) is 4.39 Å². The third-order valence-corrected chi connectivity index (χ3v) is 4.79. The number of nitrogens with zero attached hydrogens (tertiary/aromatic N) is 2. The average Bonchev–Trinajstić information content (AvgIpc) is 2.64. The maximum Gasteiger partial charge on any atom is 0.316 e. The Morgan fingerprint density at radius 1 is 1.22 bits per heavy atom. The minimum atomic E-state index is -0.737. The predicted molar refractivity (Wildman–Crippen MR) is 104 cm³/mol. The first-order chi connectivity index (χ1) is 12.8. The lowest BCUT2D eigenvalue weighted by molar-refractivity contribution is 0.0784. The number of fused-ring (bicyclic) bond motifs is 1. The van der Waals surface area contributed by atoms with Crippen LogP contribution in [0.2, 0.25) is 0 Å². The Kier molecular flexibility index (Phi) is 5.27. The third kappa shape index (κ3) is 3.71. The van der Waals surface area contributed by atoms with E-state index in [4.69, 9.17) is 0 Å². The molecule has 140 valence electrons. The van der Waals surface area contributed by atoms with Crippen molar-refractivity contribution < 1.29 is 9.18 Å². The average molecular weight is 434 g/mol. The van der Waals surface area contributed by atoms with Crippen LogP contribution in [0, 0.1) is 5.82 Å². The van der Waals surface area contributed by atoms with Crippen LogP contribution in [0.3, 0.4) is 0 Å². The molecule has 0 fully saturated rings. The first kappa shape index (κ1) is 19.0. The number of rotatable bonds is 4. The molecule has 0 aliphatic heterocycles. The van der Waals surface area contributed by atoms with E-state index in [1.807, 2.05) is 0 Å². The van der Waals surface area contributed by atoms with Gasteiger partial charge in [-0.1, -0.05) is 15.9 Å². The monoisotopic (exact) mass is 433 g/mol. The number of hydrogen-bond donors (Lipinski definition) is 1. The zero-order valence-corrected chi connectivity index (χ0v) is 16.3. The van der Waals surface area contributed by atoms with Crippen molar-refractivity contribution in [1.29, 1.82) is 0 Å². The minimum Gasteiger partial charge on any atom is -0.337 e. The standard InChI is InChI=1S/C19H17BrFN3O3/c1-3-24-16-7-4-11(9-15(16)22-17(25)19(24)27)18(26)23(2)10-12-8-13(20)5-6-14(12)21/h4-9H,3,10H2,1-2H3,(H,22,25). The molecule has 2 aromatic carbocycles. The van der Waals surface area contributed by atoms with Gasteiger partial charge in [0.05, 0.1) is 11.0 Å². The van der Waals surface area contributed by atoms with E-state index in [0.29, 0.717) is 28.7 Å². The van der Waals surface area contributed by atoms with Gasteiger partial charge in [0.2, 0.25) is 0 Å². The van der Waals surface area contributed by atoms with Crippen molar-refractivity contribution in [3.05, 3.63) is 78.5 Å². The summed E-state index contributed by atoms with van der Waals surface area (Å²) in [7, 11) is 1.57. The van der Waals surface area contributed by atoms with Crippen molar-refractivity contribution >= 4 is 32.9 Å². The molecule has 1 aromatic heterocycles. The maximum atomic E-state index is 13.9. The summed E-state index contributed by atoms with van der Waals surface area (Å²) in [6.45, 7) is 2.20. The molecule has 0 aliphatic rings. The predicted octanol–water partition coefficient (Wildman–Crippen LogP) is 2.88. The number of carbonyl (C=O) groups is 1. The fraction of sp³-hybridized carbons (Fsp3) is 0.211. The first-order valence-corrected chi connectivity index (χ1v) is 9.07. The summed E-state index contributed by atoms with van der Waals surface area (Å²) in [5.74, 6) is -0.723. The first-order valence-electron chi connectivity index (χ1n) is 8.28. The van der Waals surface area contributed by atoms with Crippen LogP contribution in [0.25, 0.3) is 11.0 Å². The number of carbonyl (C=O) groups excluding carboxylic acids is 1. The number of aryl methyl sites for hydroxylation is 1. The highest BCUT2D eigenvalue weighted by atomic mass is 79.9. The summed E-state index contributed by atoms with van der Waals surface area (Å²) in [5.41, 5.74) is 0.283. The molecule has 1 heterocycles. The van der Waals surface area contributed by atoms with Gasteiger partial charge in [0.25, 0.3) is 5.91 Å².